The molecule has 0 saturated carbocycles. The lowest BCUT2D eigenvalue weighted by Crippen LogP contribution is -2.38. The monoisotopic (exact) mass is 353 g/mol. The standard InChI is InChI=1S/C19H19N3O2S/c1-2-5-17(23)22-19(25)20-12-13-8-10-14(11-9-13)18-21-15-6-3-4-7-16(15)24-18/h3-4,6-11H,2,5,12H2,1H3,(H2,20,22,23,25). The molecule has 25 heavy (non-hydrogen) atoms. The number of carbonyl (C=O) groups excluding carboxylic acids is 1. The van der Waals surface area contributed by atoms with Gasteiger partial charge in [-0.3, -0.25) is 4.79 Å². The van der Waals surface area contributed by atoms with Crippen molar-refractivity contribution in [3.8, 4) is 11.5 Å². The zero-order valence-corrected chi connectivity index (χ0v) is 14.7. The highest BCUT2D eigenvalue weighted by Crippen LogP contribution is 2.24. The lowest BCUT2D eigenvalue weighted by Gasteiger charge is -2.09. The summed E-state index contributed by atoms with van der Waals surface area (Å²) in [4.78, 5) is 16.0. The van der Waals surface area contributed by atoms with E-state index in [1.165, 1.54) is 0 Å². The van der Waals surface area contributed by atoms with Crippen molar-refractivity contribution in [2.75, 3.05) is 0 Å². The minimum absolute atomic E-state index is 0.0636. The Morgan fingerprint density at radius 3 is 2.64 bits per heavy atom. The molecule has 2 N–H and O–H groups in total. The maximum Gasteiger partial charge on any atom is 0.227 e. The predicted molar refractivity (Wildman–Crippen MR) is 102 cm³/mol. The van der Waals surface area contributed by atoms with Gasteiger partial charge in [0.1, 0.15) is 5.52 Å². The first-order chi connectivity index (χ1) is 12.2. The second kappa shape index (κ2) is 7.90. The third kappa shape index (κ3) is 4.42. The third-order valence-electron chi connectivity index (χ3n) is 3.68. The first kappa shape index (κ1) is 17.1. The molecular weight excluding hydrogens is 334 g/mol. The summed E-state index contributed by atoms with van der Waals surface area (Å²) in [5, 5.41) is 6.04. The number of fused-ring (bicyclic) bond motifs is 1. The molecule has 0 aliphatic carbocycles. The van der Waals surface area contributed by atoms with Crippen LogP contribution >= 0.6 is 12.2 Å². The molecule has 0 spiro atoms. The minimum Gasteiger partial charge on any atom is -0.436 e. The first-order valence-corrected chi connectivity index (χ1v) is 8.59. The second-order valence-electron chi connectivity index (χ2n) is 5.66. The molecule has 2 aromatic carbocycles. The Hall–Kier alpha value is -2.73. The molecule has 0 bridgehead atoms. The third-order valence-corrected chi connectivity index (χ3v) is 3.92. The van der Waals surface area contributed by atoms with Crippen LogP contribution in [0.15, 0.2) is 52.9 Å². The lowest BCUT2D eigenvalue weighted by molar-refractivity contribution is -0.119. The fourth-order valence-corrected chi connectivity index (χ4v) is 2.59. The molecule has 1 amide bonds. The molecule has 5 nitrogen and oxygen atoms in total. The van der Waals surface area contributed by atoms with Gasteiger partial charge in [-0.05, 0) is 48.5 Å². The van der Waals surface area contributed by atoms with Gasteiger partial charge in [0, 0.05) is 18.5 Å². The van der Waals surface area contributed by atoms with Crippen molar-refractivity contribution in [2.24, 2.45) is 0 Å². The maximum absolute atomic E-state index is 11.5. The Morgan fingerprint density at radius 2 is 1.92 bits per heavy atom. The van der Waals surface area contributed by atoms with Crippen molar-refractivity contribution in [3.63, 3.8) is 0 Å². The van der Waals surface area contributed by atoms with Gasteiger partial charge < -0.3 is 15.1 Å². The number of aromatic nitrogens is 1. The van der Waals surface area contributed by atoms with E-state index in [0.29, 0.717) is 24.0 Å². The van der Waals surface area contributed by atoms with Crippen LogP contribution in [0.2, 0.25) is 0 Å². The van der Waals surface area contributed by atoms with Crippen LogP contribution in [-0.4, -0.2) is 16.0 Å². The molecule has 1 heterocycles. The van der Waals surface area contributed by atoms with Gasteiger partial charge in [0.05, 0.1) is 0 Å². The number of amides is 1. The van der Waals surface area contributed by atoms with E-state index < -0.39 is 0 Å². The van der Waals surface area contributed by atoms with Gasteiger partial charge >= 0.3 is 0 Å². The Kier molecular flexibility index (Phi) is 5.40. The Bertz CT molecular complexity index is 854. The molecular formula is C19H19N3O2S. The number of benzene rings is 2. The second-order valence-corrected chi connectivity index (χ2v) is 6.07. The number of carbonyl (C=O) groups is 1. The van der Waals surface area contributed by atoms with Crippen LogP contribution in [0.25, 0.3) is 22.6 Å². The van der Waals surface area contributed by atoms with Gasteiger partial charge in [-0.15, -0.1) is 0 Å². The van der Waals surface area contributed by atoms with E-state index in [2.05, 4.69) is 15.6 Å². The molecule has 3 rings (SSSR count). The summed E-state index contributed by atoms with van der Waals surface area (Å²) in [5.74, 6) is 0.536. The molecule has 0 aliphatic rings. The van der Waals surface area contributed by atoms with Crippen molar-refractivity contribution in [2.45, 2.75) is 26.3 Å². The van der Waals surface area contributed by atoms with Crippen molar-refractivity contribution in [3.05, 3.63) is 54.1 Å². The van der Waals surface area contributed by atoms with Crippen LogP contribution in [0.1, 0.15) is 25.3 Å². The van der Waals surface area contributed by atoms with E-state index in [9.17, 15) is 4.79 Å². The maximum atomic E-state index is 11.5. The number of oxazole rings is 1. The van der Waals surface area contributed by atoms with Crippen LogP contribution in [0.4, 0.5) is 0 Å². The van der Waals surface area contributed by atoms with E-state index in [-0.39, 0.29) is 5.91 Å². The zero-order chi connectivity index (χ0) is 17.6. The number of nitrogens with one attached hydrogen (secondary N) is 2. The van der Waals surface area contributed by atoms with Crippen LogP contribution in [0.3, 0.4) is 0 Å². The fourth-order valence-electron chi connectivity index (χ4n) is 2.40. The SMILES string of the molecule is CCCC(=O)NC(=S)NCc1ccc(-c2nc3ccccc3o2)cc1. The normalized spacial score (nSPS) is 10.6. The average molecular weight is 353 g/mol. The van der Waals surface area contributed by atoms with Crippen molar-refractivity contribution >= 4 is 34.3 Å². The van der Waals surface area contributed by atoms with E-state index >= 15 is 0 Å². The smallest absolute Gasteiger partial charge is 0.227 e. The minimum atomic E-state index is -0.0636. The van der Waals surface area contributed by atoms with Gasteiger partial charge in [-0.25, -0.2) is 4.98 Å². The molecule has 0 aliphatic heterocycles. The van der Waals surface area contributed by atoms with Crippen LogP contribution in [0.5, 0.6) is 0 Å². The van der Waals surface area contributed by atoms with E-state index in [4.69, 9.17) is 16.6 Å². The number of para-hydroxylation sites is 2. The molecule has 0 saturated heterocycles. The van der Waals surface area contributed by atoms with E-state index in [1.807, 2.05) is 55.5 Å². The number of nitrogens with zero attached hydrogens (tertiary/aromatic N) is 1. The zero-order valence-electron chi connectivity index (χ0n) is 13.9. The summed E-state index contributed by atoms with van der Waals surface area (Å²) in [6, 6.07) is 15.6. The number of rotatable bonds is 5. The summed E-state index contributed by atoms with van der Waals surface area (Å²) in [6.45, 7) is 2.49. The molecule has 0 fully saturated rings. The van der Waals surface area contributed by atoms with Gasteiger partial charge in [0.2, 0.25) is 11.8 Å². The lowest BCUT2D eigenvalue weighted by atomic mass is 10.1. The highest BCUT2D eigenvalue weighted by Gasteiger charge is 2.08. The van der Waals surface area contributed by atoms with Crippen molar-refractivity contribution in [1.82, 2.24) is 15.6 Å². The summed E-state index contributed by atoms with van der Waals surface area (Å²) >= 11 is 5.11. The number of thiocarbonyl (C=S) groups is 1. The highest BCUT2D eigenvalue weighted by molar-refractivity contribution is 7.80. The largest absolute Gasteiger partial charge is 0.436 e. The van der Waals surface area contributed by atoms with Gasteiger partial charge in [-0.2, -0.15) is 0 Å². The highest BCUT2D eigenvalue weighted by atomic mass is 32.1. The quantitative estimate of drug-likeness (QED) is 0.683. The number of hydrogen-bond acceptors (Lipinski definition) is 4. The summed E-state index contributed by atoms with van der Waals surface area (Å²) in [6.07, 6.45) is 1.27. The van der Waals surface area contributed by atoms with Crippen molar-refractivity contribution < 1.29 is 9.21 Å². The Morgan fingerprint density at radius 1 is 1.16 bits per heavy atom. The fraction of sp³-hybridized carbons (Fsp3) is 0.211. The number of hydrogen-bond donors (Lipinski definition) is 2. The van der Waals surface area contributed by atoms with Gasteiger partial charge in [0.25, 0.3) is 0 Å². The van der Waals surface area contributed by atoms with Crippen LogP contribution in [-0.2, 0) is 11.3 Å². The molecule has 0 atom stereocenters. The van der Waals surface area contributed by atoms with E-state index in [0.717, 1.165) is 28.6 Å². The van der Waals surface area contributed by atoms with Gasteiger partial charge in [0.15, 0.2) is 10.7 Å². The molecule has 0 unspecified atom stereocenters. The molecule has 6 heteroatoms. The Labute approximate surface area is 151 Å². The summed E-state index contributed by atoms with van der Waals surface area (Å²) < 4.78 is 5.76. The predicted octanol–water partition coefficient (Wildman–Crippen LogP) is 3.79. The molecule has 0 radical (unpaired) electrons. The molecule has 1 aromatic heterocycles. The first-order valence-electron chi connectivity index (χ1n) is 8.18. The van der Waals surface area contributed by atoms with Crippen LogP contribution in [0, 0.1) is 0 Å². The van der Waals surface area contributed by atoms with Crippen LogP contribution < -0.4 is 10.6 Å². The topological polar surface area (TPSA) is 67.2 Å². The summed E-state index contributed by atoms with van der Waals surface area (Å²) in [5.41, 5.74) is 3.58. The van der Waals surface area contributed by atoms with Gasteiger partial charge in [-0.1, -0.05) is 31.2 Å². The van der Waals surface area contributed by atoms with Crippen molar-refractivity contribution in [1.29, 1.82) is 0 Å². The van der Waals surface area contributed by atoms with E-state index in [1.54, 1.807) is 0 Å². The summed E-state index contributed by atoms with van der Waals surface area (Å²) in [7, 11) is 0. The molecule has 128 valence electrons. The molecule has 3 aromatic rings. The average Bonchev–Trinajstić information content (AvgIpc) is 3.04. The Balaban J connectivity index is 1.60.